The van der Waals surface area contributed by atoms with E-state index in [1.807, 2.05) is 46.7 Å². The van der Waals surface area contributed by atoms with Crippen molar-refractivity contribution in [1.29, 1.82) is 0 Å². The SMILES string of the molecule is CC[C@H]1OC(=O)C(C)C(=O)[C@H](C)[C@@H](O[C@@H]2O[C@H](C)CC(N(C)C)C2O)[C@](C)(OC)C[C@@H](C)CN[C@H](C)[C@H]2NC(=O)O[C@@]21C. The number of nitrogens with zero attached hydrogens (tertiary/aromatic N) is 1. The third-order valence-electron chi connectivity index (χ3n) is 9.82. The summed E-state index contributed by atoms with van der Waals surface area (Å²) in [6.07, 6.45) is -2.88. The molecule has 3 aliphatic rings. The van der Waals surface area contributed by atoms with Crippen LogP contribution in [0.1, 0.15) is 74.7 Å². The fourth-order valence-corrected chi connectivity index (χ4v) is 7.13. The maximum absolute atomic E-state index is 14.0. The molecule has 1 amide bonds. The summed E-state index contributed by atoms with van der Waals surface area (Å²) < 4.78 is 30.4. The first-order chi connectivity index (χ1) is 20.0. The van der Waals surface area contributed by atoms with Gasteiger partial charge in [-0.3, -0.25) is 9.59 Å². The summed E-state index contributed by atoms with van der Waals surface area (Å²) in [5, 5.41) is 17.7. The van der Waals surface area contributed by atoms with Gasteiger partial charge in [-0.1, -0.05) is 20.8 Å². The molecule has 0 aromatic heterocycles. The topological polar surface area (TPSA) is 145 Å². The molecule has 3 saturated heterocycles. The van der Waals surface area contributed by atoms with Crippen molar-refractivity contribution >= 4 is 17.8 Å². The Morgan fingerprint density at radius 2 is 1.74 bits per heavy atom. The Bertz CT molecular complexity index is 998. The molecule has 0 saturated carbocycles. The number of cyclic esters (lactones) is 1. The largest absolute Gasteiger partial charge is 0.458 e. The van der Waals surface area contributed by atoms with E-state index in [0.717, 1.165) is 0 Å². The first-order valence-electron chi connectivity index (χ1n) is 15.7. The van der Waals surface area contributed by atoms with E-state index in [2.05, 4.69) is 17.6 Å². The highest BCUT2D eigenvalue weighted by Gasteiger charge is 2.55. The number of fused-ring (bicyclic) bond motifs is 1. The Labute approximate surface area is 256 Å². The lowest BCUT2D eigenvalue weighted by atomic mass is 9.78. The summed E-state index contributed by atoms with van der Waals surface area (Å²) in [5.41, 5.74) is -2.14. The molecule has 3 aliphatic heterocycles. The van der Waals surface area contributed by atoms with Crippen molar-refractivity contribution in [1.82, 2.24) is 15.5 Å². The van der Waals surface area contributed by atoms with Crippen LogP contribution in [0.4, 0.5) is 4.79 Å². The number of aliphatic hydroxyl groups is 1. The molecular formula is C31H55N3O9. The third-order valence-corrected chi connectivity index (χ3v) is 9.82. The minimum Gasteiger partial charge on any atom is -0.458 e. The highest BCUT2D eigenvalue weighted by molar-refractivity contribution is 6.00. The highest BCUT2D eigenvalue weighted by atomic mass is 16.7. The van der Waals surface area contributed by atoms with Crippen LogP contribution in [0.5, 0.6) is 0 Å². The van der Waals surface area contributed by atoms with Crippen LogP contribution in [0.3, 0.4) is 0 Å². The van der Waals surface area contributed by atoms with Crippen LogP contribution >= 0.6 is 0 Å². The molecule has 3 unspecified atom stereocenters. The van der Waals surface area contributed by atoms with Crippen LogP contribution in [0.25, 0.3) is 0 Å². The number of nitrogens with one attached hydrogen (secondary N) is 2. The molecule has 12 heteroatoms. The maximum atomic E-state index is 14.0. The number of likely N-dealkylation sites (N-methyl/N-ethyl adjacent to an activating group) is 1. The number of carbonyl (C=O) groups is 3. The summed E-state index contributed by atoms with van der Waals surface area (Å²) >= 11 is 0. The number of amides is 1. The van der Waals surface area contributed by atoms with Gasteiger partial charge in [-0.2, -0.15) is 0 Å². The molecule has 0 aliphatic carbocycles. The Morgan fingerprint density at radius 3 is 2.33 bits per heavy atom. The van der Waals surface area contributed by atoms with Gasteiger partial charge in [-0.15, -0.1) is 0 Å². The third kappa shape index (κ3) is 7.53. The molecule has 248 valence electrons. The van der Waals surface area contributed by atoms with E-state index in [1.54, 1.807) is 21.0 Å². The summed E-state index contributed by atoms with van der Waals surface area (Å²) in [5.74, 6) is -3.00. The maximum Gasteiger partial charge on any atom is 0.408 e. The normalized spacial score (nSPS) is 45.4. The number of hydrogen-bond acceptors (Lipinski definition) is 11. The average Bonchev–Trinajstić information content (AvgIpc) is 3.27. The van der Waals surface area contributed by atoms with Gasteiger partial charge in [0, 0.05) is 25.1 Å². The Hall–Kier alpha value is -1.83. The monoisotopic (exact) mass is 613 g/mol. The second kappa shape index (κ2) is 14.1. The van der Waals surface area contributed by atoms with Crippen molar-refractivity contribution in [2.75, 3.05) is 27.7 Å². The lowest BCUT2D eigenvalue weighted by Crippen LogP contribution is -2.60. The summed E-state index contributed by atoms with van der Waals surface area (Å²) in [4.78, 5) is 41.9. The number of carbonyl (C=O) groups excluding carboxylic acids is 3. The lowest BCUT2D eigenvalue weighted by molar-refractivity contribution is -0.295. The van der Waals surface area contributed by atoms with Crippen LogP contribution in [0.2, 0.25) is 0 Å². The van der Waals surface area contributed by atoms with E-state index in [0.29, 0.717) is 25.8 Å². The van der Waals surface area contributed by atoms with Crippen LogP contribution in [-0.2, 0) is 33.3 Å². The van der Waals surface area contributed by atoms with Gasteiger partial charge in [-0.25, -0.2) is 4.79 Å². The van der Waals surface area contributed by atoms with Crippen LogP contribution in [0, 0.1) is 17.8 Å². The summed E-state index contributed by atoms with van der Waals surface area (Å²) in [7, 11) is 5.38. The van der Waals surface area contributed by atoms with E-state index in [9.17, 15) is 19.5 Å². The summed E-state index contributed by atoms with van der Waals surface area (Å²) in [6.45, 7) is 15.3. The fraction of sp³-hybridized carbons (Fsp3) is 0.903. The number of Topliss-reactive ketones (excluding diaryl/α,β-unsaturated/α-hetero) is 1. The van der Waals surface area contributed by atoms with Gasteiger partial charge in [-0.05, 0) is 80.4 Å². The molecule has 0 aromatic carbocycles. The Kier molecular flexibility index (Phi) is 11.7. The molecule has 43 heavy (non-hydrogen) atoms. The molecule has 3 N–H and O–H groups in total. The second-order valence-electron chi connectivity index (χ2n) is 13.6. The molecule has 0 aromatic rings. The zero-order valence-corrected chi connectivity index (χ0v) is 27.8. The van der Waals surface area contributed by atoms with E-state index in [1.165, 1.54) is 6.92 Å². The van der Waals surface area contributed by atoms with Crippen LogP contribution in [-0.4, -0.2) is 116 Å². The van der Waals surface area contributed by atoms with Crippen molar-refractivity contribution in [3.8, 4) is 0 Å². The van der Waals surface area contributed by atoms with E-state index in [4.69, 9.17) is 23.7 Å². The van der Waals surface area contributed by atoms with Gasteiger partial charge in [0.1, 0.15) is 18.1 Å². The molecule has 13 atom stereocenters. The van der Waals surface area contributed by atoms with Gasteiger partial charge in [0.25, 0.3) is 0 Å². The molecule has 0 spiro atoms. The van der Waals surface area contributed by atoms with E-state index < -0.39 is 65.7 Å². The number of rotatable bonds is 5. The minimum absolute atomic E-state index is 0.0399. The molecule has 12 nitrogen and oxygen atoms in total. The molecule has 3 rings (SSSR count). The Balaban J connectivity index is 2.02. The van der Waals surface area contributed by atoms with Crippen LogP contribution in [0.15, 0.2) is 0 Å². The number of methoxy groups -OCH3 is 1. The molecule has 0 bridgehead atoms. The fourth-order valence-electron chi connectivity index (χ4n) is 7.13. The first kappa shape index (κ1) is 35.6. The van der Waals surface area contributed by atoms with Gasteiger partial charge in [0.05, 0.1) is 23.9 Å². The predicted octanol–water partition coefficient (Wildman–Crippen LogP) is 2.25. The van der Waals surface area contributed by atoms with E-state index >= 15 is 0 Å². The van der Waals surface area contributed by atoms with Crippen LogP contribution < -0.4 is 10.6 Å². The predicted molar refractivity (Wildman–Crippen MR) is 159 cm³/mol. The standard InChI is InChI=1S/C31H55N3O9/c1-12-22-31(8)25(33-29(38)43-31)20(6)32-15-16(2)14-30(7,39-11)26(18(4)23(35)19(5)27(37)41-22)42-28-24(36)21(34(9)10)13-17(3)40-28/h16-22,24-26,28,32,36H,12-15H2,1-11H3,(H,33,38)/t16-,17-,18+,19?,20-,21?,22-,24?,25-,26-,28+,30-,31-/m1/s1. The van der Waals surface area contributed by atoms with Crippen molar-refractivity contribution in [2.24, 2.45) is 17.8 Å². The molecular weight excluding hydrogens is 558 g/mol. The highest BCUT2D eigenvalue weighted by Crippen LogP contribution is 2.37. The van der Waals surface area contributed by atoms with E-state index in [-0.39, 0.29) is 29.9 Å². The van der Waals surface area contributed by atoms with Gasteiger partial charge in [0.2, 0.25) is 0 Å². The number of alkyl carbamates (subject to hydrolysis) is 1. The number of hydrogen-bond donors (Lipinski definition) is 3. The van der Waals surface area contributed by atoms with Crippen molar-refractivity contribution in [3.05, 3.63) is 0 Å². The van der Waals surface area contributed by atoms with Crippen molar-refractivity contribution in [2.45, 2.75) is 135 Å². The van der Waals surface area contributed by atoms with Gasteiger partial charge in [0.15, 0.2) is 17.7 Å². The summed E-state index contributed by atoms with van der Waals surface area (Å²) in [6, 6.07) is -0.920. The zero-order chi connectivity index (χ0) is 32.4. The van der Waals surface area contributed by atoms with Crippen molar-refractivity contribution < 1.29 is 43.2 Å². The number of aliphatic hydroxyl groups excluding tert-OH is 1. The smallest absolute Gasteiger partial charge is 0.408 e. The molecule has 3 heterocycles. The second-order valence-corrected chi connectivity index (χ2v) is 13.6. The molecule has 3 fully saturated rings. The first-order valence-corrected chi connectivity index (χ1v) is 15.7. The molecule has 0 radical (unpaired) electrons. The number of esters is 1. The zero-order valence-electron chi connectivity index (χ0n) is 27.8. The van der Waals surface area contributed by atoms with Crippen molar-refractivity contribution in [3.63, 3.8) is 0 Å². The minimum atomic E-state index is -1.15. The van der Waals surface area contributed by atoms with Gasteiger partial charge >= 0.3 is 12.1 Å². The average molecular weight is 614 g/mol. The van der Waals surface area contributed by atoms with Gasteiger partial charge < -0.3 is 44.3 Å². The number of ether oxygens (including phenoxy) is 5. The quantitative estimate of drug-likeness (QED) is 0.310. The number of ketones is 1. The lowest BCUT2D eigenvalue weighted by Gasteiger charge is -2.46. The Morgan fingerprint density at radius 1 is 1.09 bits per heavy atom.